The van der Waals surface area contributed by atoms with Gasteiger partial charge in [0.1, 0.15) is 5.82 Å². The van der Waals surface area contributed by atoms with Crippen molar-refractivity contribution in [2.24, 2.45) is 0 Å². The first-order valence-electron chi connectivity index (χ1n) is 8.51. The molecule has 1 N–H and O–H groups in total. The molecule has 0 aliphatic carbocycles. The number of sulfonamides is 1. The molecule has 0 fully saturated rings. The predicted octanol–water partition coefficient (Wildman–Crippen LogP) is 2.89. The van der Waals surface area contributed by atoms with Gasteiger partial charge >= 0.3 is 0 Å². The monoisotopic (exact) mass is 390 g/mol. The van der Waals surface area contributed by atoms with E-state index >= 15 is 0 Å². The number of amides is 1. The number of anilines is 1. The summed E-state index contributed by atoms with van der Waals surface area (Å²) < 4.78 is 26.2. The fraction of sp³-hybridized carbons (Fsp3) is 0.421. The summed E-state index contributed by atoms with van der Waals surface area (Å²) in [4.78, 5) is 21.3. The average Bonchev–Trinajstić information content (AvgIpc) is 2.56. The Bertz CT molecular complexity index is 960. The summed E-state index contributed by atoms with van der Waals surface area (Å²) >= 11 is 0. The minimum absolute atomic E-state index is 0.122. The number of carbonyl (C=O) groups is 1. The van der Waals surface area contributed by atoms with Gasteiger partial charge < -0.3 is 5.32 Å². The second-order valence-corrected chi connectivity index (χ2v) is 9.82. The molecule has 0 radical (unpaired) electrons. The molecule has 27 heavy (non-hydrogen) atoms. The summed E-state index contributed by atoms with van der Waals surface area (Å²) in [5.74, 6) is 0.256. The predicted molar refractivity (Wildman–Crippen MR) is 105 cm³/mol. The molecular weight excluding hydrogens is 364 g/mol. The lowest BCUT2D eigenvalue weighted by Gasteiger charge is -2.17. The molecule has 2 rings (SSSR count). The smallest absolute Gasteiger partial charge is 0.255 e. The van der Waals surface area contributed by atoms with Gasteiger partial charge in [-0.25, -0.2) is 22.7 Å². The number of hydrogen-bond donors (Lipinski definition) is 1. The standard InChI is InChI=1S/C19H26N4O3S/c1-12-8-14(9-16(13(12)2)27(25,26)23(6)7)17(24)22-15-10-20-18(21-11-15)19(3,4)5/h8-11H,1-7H3,(H,22,24). The number of carbonyl (C=O) groups excluding carboxylic acids is 1. The Morgan fingerprint density at radius 2 is 1.63 bits per heavy atom. The zero-order valence-electron chi connectivity index (χ0n) is 16.8. The SMILES string of the molecule is Cc1cc(C(=O)Nc2cnc(C(C)(C)C)nc2)cc(S(=O)(=O)N(C)C)c1C. The first-order valence-corrected chi connectivity index (χ1v) is 9.95. The maximum absolute atomic E-state index is 12.6. The Balaban J connectivity index is 2.36. The van der Waals surface area contributed by atoms with E-state index in [1.807, 2.05) is 20.8 Å². The maximum Gasteiger partial charge on any atom is 0.255 e. The lowest BCUT2D eigenvalue weighted by Crippen LogP contribution is -2.24. The van der Waals surface area contributed by atoms with Crippen LogP contribution in [-0.2, 0) is 15.4 Å². The van der Waals surface area contributed by atoms with Gasteiger partial charge in [0.2, 0.25) is 10.0 Å². The second-order valence-electron chi connectivity index (χ2n) is 7.70. The number of aryl methyl sites for hydroxylation is 1. The van der Waals surface area contributed by atoms with Crippen LogP contribution in [0.2, 0.25) is 0 Å². The van der Waals surface area contributed by atoms with E-state index in [2.05, 4.69) is 15.3 Å². The molecule has 0 aliphatic rings. The van der Waals surface area contributed by atoms with E-state index in [1.165, 1.54) is 20.2 Å². The van der Waals surface area contributed by atoms with Crippen molar-refractivity contribution in [2.75, 3.05) is 19.4 Å². The van der Waals surface area contributed by atoms with Crippen molar-refractivity contribution >= 4 is 21.6 Å². The van der Waals surface area contributed by atoms with Crippen molar-refractivity contribution in [2.45, 2.75) is 44.9 Å². The molecule has 2 aromatic rings. The summed E-state index contributed by atoms with van der Waals surface area (Å²) in [5, 5.41) is 2.72. The van der Waals surface area contributed by atoms with Gasteiger partial charge in [-0.05, 0) is 37.1 Å². The fourth-order valence-corrected chi connectivity index (χ4v) is 3.62. The molecule has 7 nitrogen and oxygen atoms in total. The van der Waals surface area contributed by atoms with Crippen molar-refractivity contribution in [1.29, 1.82) is 0 Å². The third-order valence-corrected chi connectivity index (χ3v) is 6.16. The lowest BCUT2D eigenvalue weighted by atomic mass is 9.96. The van der Waals surface area contributed by atoms with E-state index in [9.17, 15) is 13.2 Å². The first kappa shape index (κ1) is 21.0. The Morgan fingerprint density at radius 1 is 1.07 bits per heavy atom. The summed E-state index contributed by atoms with van der Waals surface area (Å²) in [6.07, 6.45) is 3.09. The molecule has 0 unspecified atom stereocenters. The normalized spacial score (nSPS) is 12.3. The third-order valence-electron chi connectivity index (χ3n) is 4.22. The number of nitrogens with zero attached hydrogens (tertiary/aromatic N) is 3. The van der Waals surface area contributed by atoms with Gasteiger partial charge in [-0.2, -0.15) is 0 Å². The van der Waals surface area contributed by atoms with Crippen LogP contribution in [0.5, 0.6) is 0 Å². The van der Waals surface area contributed by atoms with Crippen molar-refractivity contribution in [3.05, 3.63) is 47.0 Å². The van der Waals surface area contributed by atoms with Crippen LogP contribution >= 0.6 is 0 Å². The number of aromatic nitrogens is 2. The number of rotatable bonds is 4. The van der Waals surface area contributed by atoms with Gasteiger partial charge in [0.25, 0.3) is 5.91 Å². The van der Waals surface area contributed by atoms with Crippen LogP contribution in [0.3, 0.4) is 0 Å². The molecule has 0 spiro atoms. The topological polar surface area (TPSA) is 92.3 Å². The first-order chi connectivity index (χ1) is 12.3. The molecule has 1 heterocycles. The molecule has 146 valence electrons. The highest BCUT2D eigenvalue weighted by molar-refractivity contribution is 7.89. The van der Waals surface area contributed by atoms with Gasteiger partial charge in [-0.3, -0.25) is 4.79 Å². The molecule has 0 saturated heterocycles. The molecular formula is C19H26N4O3S. The van der Waals surface area contributed by atoms with Crippen LogP contribution in [0.1, 0.15) is 48.1 Å². The van der Waals surface area contributed by atoms with E-state index in [0.717, 1.165) is 9.87 Å². The summed E-state index contributed by atoms with van der Waals surface area (Å²) in [5.41, 5.74) is 1.87. The molecule has 8 heteroatoms. The fourth-order valence-electron chi connectivity index (χ4n) is 2.41. The van der Waals surface area contributed by atoms with Crippen molar-refractivity contribution in [3.8, 4) is 0 Å². The Kier molecular flexibility index (Phi) is 5.72. The zero-order chi connectivity index (χ0) is 20.6. The molecule has 0 saturated carbocycles. The van der Waals surface area contributed by atoms with E-state index in [0.29, 0.717) is 17.1 Å². The van der Waals surface area contributed by atoms with Gasteiger partial charge in [0.15, 0.2) is 0 Å². The lowest BCUT2D eigenvalue weighted by molar-refractivity contribution is 0.102. The maximum atomic E-state index is 12.6. The number of benzene rings is 1. The van der Waals surface area contributed by atoms with E-state index in [1.54, 1.807) is 32.3 Å². The van der Waals surface area contributed by atoms with Crippen molar-refractivity contribution in [3.63, 3.8) is 0 Å². The summed E-state index contributed by atoms with van der Waals surface area (Å²) in [6.45, 7) is 9.52. The van der Waals surface area contributed by atoms with Crippen LogP contribution in [0.25, 0.3) is 0 Å². The van der Waals surface area contributed by atoms with Gasteiger partial charge in [-0.1, -0.05) is 20.8 Å². The van der Waals surface area contributed by atoms with Crippen LogP contribution < -0.4 is 5.32 Å². The molecule has 0 aliphatic heterocycles. The summed E-state index contributed by atoms with van der Waals surface area (Å²) in [7, 11) is -0.726. The molecule has 1 amide bonds. The zero-order valence-corrected chi connectivity index (χ0v) is 17.6. The highest BCUT2D eigenvalue weighted by Gasteiger charge is 2.23. The van der Waals surface area contributed by atoms with Gasteiger partial charge in [-0.15, -0.1) is 0 Å². The number of hydrogen-bond acceptors (Lipinski definition) is 5. The van der Waals surface area contributed by atoms with Crippen LogP contribution in [0.15, 0.2) is 29.4 Å². The Morgan fingerprint density at radius 3 is 2.11 bits per heavy atom. The highest BCUT2D eigenvalue weighted by atomic mass is 32.2. The second kappa shape index (κ2) is 7.36. The van der Waals surface area contributed by atoms with Crippen LogP contribution in [-0.4, -0.2) is 42.7 Å². The van der Waals surface area contributed by atoms with E-state index in [-0.39, 0.29) is 15.9 Å². The van der Waals surface area contributed by atoms with Crippen molar-refractivity contribution in [1.82, 2.24) is 14.3 Å². The van der Waals surface area contributed by atoms with E-state index < -0.39 is 15.9 Å². The van der Waals surface area contributed by atoms with Crippen LogP contribution in [0, 0.1) is 13.8 Å². The average molecular weight is 391 g/mol. The van der Waals surface area contributed by atoms with Crippen LogP contribution in [0.4, 0.5) is 5.69 Å². The molecule has 1 aromatic carbocycles. The third kappa shape index (κ3) is 4.51. The summed E-state index contributed by atoms with van der Waals surface area (Å²) in [6, 6.07) is 3.07. The minimum Gasteiger partial charge on any atom is -0.319 e. The quantitative estimate of drug-likeness (QED) is 0.866. The van der Waals surface area contributed by atoms with Crippen molar-refractivity contribution < 1.29 is 13.2 Å². The van der Waals surface area contributed by atoms with Gasteiger partial charge in [0, 0.05) is 25.1 Å². The highest BCUT2D eigenvalue weighted by Crippen LogP contribution is 2.24. The molecule has 1 aromatic heterocycles. The molecule has 0 atom stereocenters. The Hall–Kier alpha value is -2.32. The molecule has 0 bridgehead atoms. The minimum atomic E-state index is -3.65. The van der Waals surface area contributed by atoms with E-state index in [4.69, 9.17) is 0 Å². The largest absolute Gasteiger partial charge is 0.319 e. The Labute approximate surface area is 160 Å². The number of nitrogens with one attached hydrogen (secondary N) is 1. The van der Waals surface area contributed by atoms with Gasteiger partial charge in [0.05, 0.1) is 23.0 Å².